The standard InChI is InChI=1S/C13H18N2O3S/c1-14(13(18)11-3-2-8-19-11)9-12(17)15(6-7-16)10-4-5-10/h2-3,8,10,16H,4-7,9H2,1H3. The molecule has 0 bridgehead atoms. The van der Waals surface area contributed by atoms with E-state index >= 15 is 0 Å². The number of rotatable bonds is 6. The maximum Gasteiger partial charge on any atom is 0.264 e. The van der Waals surface area contributed by atoms with Gasteiger partial charge in [0.15, 0.2) is 0 Å². The van der Waals surface area contributed by atoms with Crippen LogP contribution < -0.4 is 0 Å². The van der Waals surface area contributed by atoms with Crippen molar-refractivity contribution in [2.24, 2.45) is 0 Å². The Balaban J connectivity index is 1.92. The van der Waals surface area contributed by atoms with E-state index in [1.54, 1.807) is 18.0 Å². The molecule has 0 radical (unpaired) electrons. The van der Waals surface area contributed by atoms with Crippen molar-refractivity contribution in [3.05, 3.63) is 22.4 Å². The molecular formula is C13H18N2O3S. The Morgan fingerprint density at radius 2 is 2.21 bits per heavy atom. The second-order valence-corrected chi connectivity index (χ2v) is 5.63. The van der Waals surface area contributed by atoms with Gasteiger partial charge in [-0.3, -0.25) is 9.59 Å². The van der Waals surface area contributed by atoms with Crippen LogP contribution in [0.25, 0.3) is 0 Å². The van der Waals surface area contributed by atoms with Gasteiger partial charge >= 0.3 is 0 Å². The van der Waals surface area contributed by atoms with Gasteiger partial charge in [0.1, 0.15) is 0 Å². The molecule has 1 saturated carbocycles. The smallest absolute Gasteiger partial charge is 0.264 e. The van der Waals surface area contributed by atoms with Gasteiger partial charge in [-0.05, 0) is 24.3 Å². The number of aliphatic hydroxyl groups is 1. The molecule has 1 heterocycles. The van der Waals surface area contributed by atoms with E-state index in [4.69, 9.17) is 5.11 Å². The van der Waals surface area contributed by atoms with E-state index in [1.165, 1.54) is 16.2 Å². The SMILES string of the molecule is CN(CC(=O)N(CCO)C1CC1)C(=O)c1cccs1. The van der Waals surface area contributed by atoms with Crippen LogP contribution in [0.5, 0.6) is 0 Å². The zero-order valence-corrected chi connectivity index (χ0v) is 11.7. The number of nitrogens with zero attached hydrogens (tertiary/aromatic N) is 2. The van der Waals surface area contributed by atoms with Crippen molar-refractivity contribution in [2.75, 3.05) is 26.7 Å². The van der Waals surface area contributed by atoms with E-state index in [2.05, 4.69) is 0 Å². The van der Waals surface area contributed by atoms with E-state index in [9.17, 15) is 9.59 Å². The number of carbonyl (C=O) groups excluding carboxylic acids is 2. The van der Waals surface area contributed by atoms with E-state index in [0.717, 1.165) is 12.8 Å². The average Bonchev–Trinajstić information content (AvgIpc) is 3.08. The van der Waals surface area contributed by atoms with E-state index in [-0.39, 0.29) is 31.0 Å². The summed E-state index contributed by atoms with van der Waals surface area (Å²) in [5.74, 6) is -0.230. The van der Waals surface area contributed by atoms with Gasteiger partial charge in [0, 0.05) is 19.6 Å². The number of hydrogen-bond donors (Lipinski definition) is 1. The summed E-state index contributed by atoms with van der Waals surface area (Å²) in [6.07, 6.45) is 1.99. The third-order valence-corrected chi connectivity index (χ3v) is 3.96. The Hall–Kier alpha value is -1.40. The molecule has 104 valence electrons. The molecule has 5 nitrogen and oxygen atoms in total. The summed E-state index contributed by atoms with van der Waals surface area (Å²) < 4.78 is 0. The Labute approximate surface area is 116 Å². The lowest BCUT2D eigenvalue weighted by Gasteiger charge is -2.24. The van der Waals surface area contributed by atoms with E-state index in [1.807, 2.05) is 11.4 Å². The summed E-state index contributed by atoms with van der Waals surface area (Å²) in [5.41, 5.74) is 0. The number of carbonyl (C=O) groups is 2. The third kappa shape index (κ3) is 3.54. The molecule has 1 N–H and O–H groups in total. The van der Waals surface area contributed by atoms with Gasteiger partial charge in [-0.1, -0.05) is 6.07 Å². The van der Waals surface area contributed by atoms with Crippen LogP contribution in [-0.2, 0) is 4.79 Å². The van der Waals surface area contributed by atoms with Crippen LogP contribution >= 0.6 is 11.3 Å². The summed E-state index contributed by atoms with van der Waals surface area (Å²) in [7, 11) is 1.63. The Bertz CT molecular complexity index is 443. The molecule has 0 aliphatic heterocycles. The predicted molar refractivity (Wildman–Crippen MR) is 73.1 cm³/mol. The molecule has 0 atom stereocenters. The topological polar surface area (TPSA) is 60.9 Å². The first-order valence-electron chi connectivity index (χ1n) is 6.32. The molecule has 0 aromatic carbocycles. The molecule has 1 aliphatic rings. The molecule has 6 heteroatoms. The lowest BCUT2D eigenvalue weighted by atomic mass is 10.3. The molecular weight excluding hydrogens is 264 g/mol. The molecule has 1 fully saturated rings. The lowest BCUT2D eigenvalue weighted by molar-refractivity contribution is -0.132. The van der Waals surface area contributed by atoms with Crippen LogP contribution in [0.3, 0.4) is 0 Å². The number of thiophene rings is 1. The minimum Gasteiger partial charge on any atom is -0.395 e. The third-order valence-electron chi connectivity index (χ3n) is 3.10. The highest BCUT2D eigenvalue weighted by Crippen LogP contribution is 2.26. The van der Waals surface area contributed by atoms with Crippen molar-refractivity contribution in [1.82, 2.24) is 9.80 Å². The highest BCUT2D eigenvalue weighted by Gasteiger charge is 2.32. The minimum absolute atomic E-state index is 0.0369. The van der Waals surface area contributed by atoms with Gasteiger partial charge in [-0.2, -0.15) is 0 Å². The molecule has 0 spiro atoms. The summed E-state index contributed by atoms with van der Waals surface area (Å²) in [4.78, 5) is 27.9. The second kappa shape index (κ2) is 6.16. The normalized spacial score (nSPS) is 14.2. The van der Waals surface area contributed by atoms with Crippen molar-refractivity contribution >= 4 is 23.2 Å². The van der Waals surface area contributed by atoms with Crippen LogP contribution in [-0.4, -0.2) is 59.5 Å². The molecule has 2 amide bonds. The average molecular weight is 282 g/mol. The van der Waals surface area contributed by atoms with Crippen molar-refractivity contribution in [2.45, 2.75) is 18.9 Å². The molecule has 0 saturated heterocycles. The Kier molecular flexibility index (Phi) is 4.55. The van der Waals surface area contributed by atoms with Gasteiger partial charge < -0.3 is 14.9 Å². The summed E-state index contributed by atoms with van der Waals surface area (Å²) in [5, 5.41) is 10.8. The Morgan fingerprint density at radius 3 is 2.74 bits per heavy atom. The molecule has 1 aromatic rings. The molecule has 1 aliphatic carbocycles. The van der Waals surface area contributed by atoms with Gasteiger partial charge in [0.05, 0.1) is 18.0 Å². The quantitative estimate of drug-likeness (QED) is 0.839. The minimum atomic E-state index is -0.136. The summed E-state index contributed by atoms with van der Waals surface area (Å²) >= 11 is 1.37. The Morgan fingerprint density at radius 1 is 1.47 bits per heavy atom. The maximum absolute atomic E-state index is 12.1. The predicted octanol–water partition coefficient (Wildman–Crippen LogP) is 0.803. The summed E-state index contributed by atoms with van der Waals surface area (Å²) in [6.45, 7) is 0.378. The monoisotopic (exact) mass is 282 g/mol. The maximum atomic E-state index is 12.1. The van der Waals surface area contributed by atoms with Crippen LogP contribution in [0, 0.1) is 0 Å². The number of likely N-dealkylation sites (N-methyl/N-ethyl adjacent to an activating group) is 1. The van der Waals surface area contributed by atoms with E-state index in [0.29, 0.717) is 11.4 Å². The van der Waals surface area contributed by atoms with Crippen LogP contribution in [0.15, 0.2) is 17.5 Å². The number of aliphatic hydroxyl groups excluding tert-OH is 1. The van der Waals surface area contributed by atoms with E-state index < -0.39 is 0 Å². The van der Waals surface area contributed by atoms with Crippen molar-refractivity contribution in [3.63, 3.8) is 0 Å². The largest absolute Gasteiger partial charge is 0.395 e. The fourth-order valence-electron chi connectivity index (χ4n) is 1.96. The molecule has 19 heavy (non-hydrogen) atoms. The first-order valence-corrected chi connectivity index (χ1v) is 7.20. The molecule has 2 rings (SSSR count). The molecule has 0 unspecified atom stereocenters. The highest BCUT2D eigenvalue weighted by atomic mass is 32.1. The van der Waals surface area contributed by atoms with Gasteiger partial charge in [0.25, 0.3) is 5.91 Å². The summed E-state index contributed by atoms with van der Waals surface area (Å²) in [6, 6.07) is 3.82. The second-order valence-electron chi connectivity index (χ2n) is 4.68. The first-order chi connectivity index (χ1) is 9.13. The van der Waals surface area contributed by atoms with Gasteiger partial charge in [0.2, 0.25) is 5.91 Å². The van der Waals surface area contributed by atoms with Gasteiger partial charge in [-0.15, -0.1) is 11.3 Å². The fraction of sp³-hybridized carbons (Fsp3) is 0.538. The first kappa shape index (κ1) is 14.0. The van der Waals surface area contributed by atoms with Crippen molar-refractivity contribution in [1.29, 1.82) is 0 Å². The van der Waals surface area contributed by atoms with Crippen molar-refractivity contribution in [3.8, 4) is 0 Å². The zero-order valence-electron chi connectivity index (χ0n) is 10.9. The zero-order chi connectivity index (χ0) is 13.8. The fourth-order valence-corrected chi connectivity index (χ4v) is 2.68. The van der Waals surface area contributed by atoms with Crippen LogP contribution in [0.2, 0.25) is 0 Å². The number of amides is 2. The highest BCUT2D eigenvalue weighted by molar-refractivity contribution is 7.12. The number of hydrogen-bond acceptors (Lipinski definition) is 4. The van der Waals surface area contributed by atoms with Crippen LogP contribution in [0.4, 0.5) is 0 Å². The van der Waals surface area contributed by atoms with Crippen molar-refractivity contribution < 1.29 is 14.7 Å². The van der Waals surface area contributed by atoms with Crippen LogP contribution in [0.1, 0.15) is 22.5 Å². The lowest BCUT2D eigenvalue weighted by Crippen LogP contribution is -2.43. The molecule has 1 aromatic heterocycles. The van der Waals surface area contributed by atoms with Gasteiger partial charge in [-0.25, -0.2) is 0 Å².